The lowest BCUT2D eigenvalue weighted by molar-refractivity contribution is 0.865. The Morgan fingerprint density at radius 1 is 1.44 bits per heavy atom. The smallest absolute Gasteiger partial charge is 0.144 e. The lowest BCUT2D eigenvalue weighted by atomic mass is 10.2. The van der Waals surface area contributed by atoms with Crippen LogP contribution in [0.2, 0.25) is 5.02 Å². The SMILES string of the molecule is CCCc1[nH]c(-c2cccc(Cl)c2)nc(=S)c1Br. The van der Waals surface area contributed by atoms with Crippen LogP contribution in [0.1, 0.15) is 19.0 Å². The van der Waals surface area contributed by atoms with E-state index in [9.17, 15) is 0 Å². The number of rotatable bonds is 3. The molecule has 2 rings (SSSR count). The van der Waals surface area contributed by atoms with E-state index in [4.69, 9.17) is 23.8 Å². The molecular formula is C13H12BrClN2S. The first-order valence-corrected chi connectivity index (χ1v) is 7.24. The summed E-state index contributed by atoms with van der Waals surface area (Å²) in [6.07, 6.45) is 1.98. The van der Waals surface area contributed by atoms with Crippen LogP contribution in [-0.4, -0.2) is 9.97 Å². The van der Waals surface area contributed by atoms with E-state index in [0.29, 0.717) is 9.66 Å². The number of nitrogens with one attached hydrogen (secondary N) is 1. The predicted molar refractivity (Wildman–Crippen MR) is 81.6 cm³/mol. The molecule has 0 atom stereocenters. The van der Waals surface area contributed by atoms with Gasteiger partial charge in [0.2, 0.25) is 0 Å². The van der Waals surface area contributed by atoms with E-state index in [1.54, 1.807) is 0 Å². The second kappa shape index (κ2) is 5.95. The standard InChI is InChI=1S/C13H12BrClN2S/c1-2-4-10-11(14)13(18)17-12(16-10)8-5-3-6-9(15)7-8/h3,5-7H,2,4H2,1H3,(H,16,17,18). The zero-order valence-corrected chi connectivity index (χ0v) is 13.0. The third-order valence-corrected chi connectivity index (χ3v) is 4.18. The molecule has 0 unspecified atom stereocenters. The number of H-pyrrole nitrogens is 1. The van der Waals surface area contributed by atoms with E-state index in [1.165, 1.54) is 0 Å². The highest BCUT2D eigenvalue weighted by molar-refractivity contribution is 9.10. The van der Waals surface area contributed by atoms with E-state index in [2.05, 4.69) is 32.8 Å². The maximum atomic E-state index is 5.99. The molecule has 0 bridgehead atoms. The molecule has 0 aliphatic carbocycles. The molecular weight excluding hydrogens is 332 g/mol. The number of benzene rings is 1. The first-order chi connectivity index (χ1) is 8.61. The van der Waals surface area contributed by atoms with Crippen molar-refractivity contribution in [1.82, 2.24) is 9.97 Å². The Bertz CT molecular complexity index is 625. The molecule has 0 aliphatic rings. The van der Waals surface area contributed by atoms with Crippen LogP contribution in [-0.2, 0) is 6.42 Å². The normalized spacial score (nSPS) is 10.6. The number of aromatic nitrogens is 2. The predicted octanol–water partition coefficient (Wildman–Crippen LogP) is 5.17. The number of hydrogen-bond acceptors (Lipinski definition) is 2. The van der Waals surface area contributed by atoms with E-state index in [-0.39, 0.29) is 0 Å². The van der Waals surface area contributed by atoms with Crippen LogP contribution in [0.25, 0.3) is 11.4 Å². The van der Waals surface area contributed by atoms with Gasteiger partial charge in [0.15, 0.2) is 0 Å². The molecule has 2 aromatic rings. The van der Waals surface area contributed by atoms with Crippen molar-refractivity contribution in [3.63, 3.8) is 0 Å². The molecule has 0 amide bonds. The van der Waals surface area contributed by atoms with Crippen LogP contribution in [0.3, 0.4) is 0 Å². The van der Waals surface area contributed by atoms with Gasteiger partial charge in [0.05, 0.1) is 4.47 Å². The van der Waals surface area contributed by atoms with Crippen LogP contribution < -0.4 is 0 Å². The summed E-state index contributed by atoms with van der Waals surface area (Å²) in [5.41, 5.74) is 2.02. The number of aromatic amines is 1. The van der Waals surface area contributed by atoms with Gasteiger partial charge in [-0.05, 0) is 34.5 Å². The minimum absolute atomic E-state index is 0.576. The second-order valence-electron chi connectivity index (χ2n) is 3.94. The van der Waals surface area contributed by atoms with Gasteiger partial charge in [0, 0.05) is 16.3 Å². The van der Waals surface area contributed by atoms with Gasteiger partial charge in [-0.25, -0.2) is 4.98 Å². The fraction of sp³-hybridized carbons (Fsp3) is 0.231. The first-order valence-electron chi connectivity index (χ1n) is 5.66. The van der Waals surface area contributed by atoms with Crippen LogP contribution in [0.15, 0.2) is 28.7 Å². The summed E-state index contributed by atoms with van der Waals surface area (Å²) in [6.45, 7) is 2.13. The maximum absolute atomic E-state index is 5.99. The first kappa shape index (κ1) is 13.7. The van der Waals surface area contributed by atoms with E-state index < -0.39 is 0 Å². The molecule has 0 aliphatic heterocycles. The fourth-order valence-corrected chi connectivity index (χ4v) is 2.49. The second-order valence-corrected chi connectivity index (χ2v) is 5.56. The summed E-state index contributed by atoms with van der Waals surface area (Å²) in [5.74, 6) is 0.758. The largest absolute Gasteiger partial charge is 0.342 e. The van der Waals surface area contributed by atoms with Gasteiger partial charge in [0.1, 0.15) is 10.5 Å². The third-order valence-electron chi connectivity index (χ3n) is 2.53. The summed E-state index contributed by atoms with van der Waals surface area (Å²) in [5, 5.41) is 0.688. The van der Waals surface area contributed by atoms with Crippen molar-refractivity contribution in [3.05, 3.63) is 44.1 Å². The van der Waals surface area contributed by atoms with Crippen LogP contribution in [0, 0.1) is 4.64 Å². The third kappa shape index (κ3) is 2.99. The van der Waals surface area contributed by atoms with Crippen molar-refractivity contribution in [1.29, 1.82) is 0 Å². The Balaban J connectivity index is 2.55. The Hall–Kier alpha value is -0.710. The Labute approximate surface area is 125 Å². The fourth-order valence-electron chi connectivity index (χ4n) is 1.70. The van der Waals surface area contributed by atoms with E-state index in [1.807, 2.05) is 24.3 Å². The molecule has 18 heavy (non-hydrogen) atoms. The Kier molecular flexibility index (Phi) is 4.54. The summed E-state index contributed by atoms with van der Waals surface area (Å²) < 4.78 is 1.46. The van der Waals surface area contributed by atoms with E-state index >= 15 is 0 Å². The zero-order chi connectivity index (χ0) is 13.1. The van der Waals surface area contributed by atoms with Crippen LogP contribution in [0.4, 0.5) is 0 Å². The Morgan fingerprint density at radius 3 is 2.89 bits per heavy atom. The highest BCUT2D eigenvalue weighted by Gasteiger charge is 2.07. The van der Waals surface area contributed by atoms with E-state index in [0.717, 1.165) is 34.4 Å². The molecule has 0 saturated heterocycles. The lowest BCUT2D eigenvalue weighted by Crippen LogP contribution is -1.98. The monoisotopic (exact) mass is 342 g/mol. The molecule has 5 heteroatoms. The van der Waals surface area contributed by atoms with Gasteiger partial charge in [-0.2, -0.15) is 0 Å². The zero-order valence-electron chi connectivity index (χ0n) is 9.84. The minimum atomic E-state index is 0.576. The van der Waals surface area contributed by atoms with Crippen molar-refractivity contribution in [2.24, 2.45) is 0 Å². The lowest BCUT2D eigenvalue weighted by Gasteiger charge is -2.08. The number of hydrogen-bond donors (Lipinski definition) is 1. The van der Waals surface area contributed by atoms with Gasteiger partial charge in [0.25, 0.3) is 0 Å². The molecule has 0 spiro atoms. The van der Waals surface area contributed by atoms with Crippen molar-refractivity contribution in [2.45, 2.75) is 19.8 Å². The molecule has 1 aromatic heterocycles. The molecule has 94 valence electrons. The van der Waals surface area contributed by atoms with Gasteiger partial charge in [-0.3, -0.25) is 0 Å². The average Bonchev–Trinajstić information content (AvgIpc) is 2.35. The summed E-state index contributed by atoms with van der Waals surface area (Å²) >= 11 is 14.7. The summed E-state index contributed by atoms with van der Waals surface area (Å²) in [6, 6.07) is 7.57. The average molecular weight is 344 g/mol. The number of nitrogens with zero attached hydrogens (tertiary/aromatic N) is 1. The van der Waals surface area contributed by atoms with Crippen molar-refractivity contribution in [3.8, 4) is 11.4 Å². The van der Waals surface area contributed by atoms with Crippen molar-refractivity contribution >= 4 is 39.7 Å². The molecule has 1 heterocycles. The molecule has 1 N–H and O–H groups in total. The van der Waals surface area contributed by atoms with Crippen LogP contribution in [0.5, 0.6) is 0 Å². The molecule has 2 nitrogen and oxygen atoms in total. The van der Waals surface area contributed by atoms with Gasteiger partial charge < -0.3 is 4.98 Å². The highest BCUT2D eigenvalue weighted by Crippen LogP contribution is 2.24. The maximum Gasteiger partial charge on any atom is 0.144 e. The Morgan fingerprint density at radius 2 is 2.22 bits per heavy atom. The highest BCUT2D eigenvalue weighted by atomic mass is 79.9. The van der Waals surface area contributed by atoms with Crippen molar-refractivity contribution in [2.75, 3.05) is 0 Å². The van der Waals surface area contributed by atoms with Gasteiger partial charge in [-0.1, -0.05) is 49.3 Å². The molecule has 0 fully saturated rings. The number of halogens is 2. The minimum Gasteiger partial charge on any atom is -0.342 e. The van der Waals surface area contributed by atoms with Gasteiger partial charge >= 0.3 is 0 Å². The van der Waals surface area contributed by atoms with Crippen LogP contribution >= 0.6 is 39.7 Å². The summed E-state index contributed by atoms with van der Waals surface area (Å²) in [7, 11) is 0. The molecule has 0 radical (unpaired) electrons. The number of aryl methyl sites for hydroxylation is 1. The van der Waals surface area contributed by atoms with Gasteiger partial charge in [-0.15, -0.1) is 0 Å². The quantitative estimate of drug-likeness (QED) is 0.778. The van der Waals surface area contributed by atoms with Crippen molar-refractivity contribution < 1.29 is 0 Å². The molecule has 0 saturated carbocycles. The topological polar surface area (TPSA) is 28.7 Å². The summed E-state index contributed by atoms with van der Waals surface area (Å²) in [4.78, 5) is 7.70. The molecule has 1 aromatic carbocycles.